The molecule has 3 nitrogen and oxygen atoms in total. The predicted molar refractivity (Wildman–Crippen MR) is 57.9 cm³/mol. The van der Waals surface area contributed by atoms with Crippen LogP contribution in [0.4, 0.5) is 5.69 Å². The normalized spacial score (nSPS) is 9.29. The molecule has 1 aromatic carbocycles. The van der Waals surface area contributed by atoms with Gasteiger partial charge >= 0.3 is 5.91 Å². The number of nitriles is 1. The third-order valence-electron chi connectivity index (χ3n) is 1.93. The second kappa shape index (κ2) is 4.25. The summed E-state index contributed by atoms with van der Waals surface area (Å²) in [4.78, 5) is 12.5. The van der Waals surface area contributed by atoms with Crippen LogP contribution in [-0.2, 0) is 4.79 Å². The summed E-state index contributed by atoms with van der Waals surface area (Å²) in [6, 6.07) is 7.17. The SMILES string of the molecule is Cc1ccc(Br)cc1N(C)C(=O)C#N. The molecule has 1 aromatic rings. The fraction of sp³-hybridized carbons (Fsp3) is 0.200. The molecule has 0 fully saturated rings. The molecule has 0 N–H and O–H groups in total. The molecule has 1 amide bonds. The molecule has 4 heteroatoms. The zero-order chi connectivity index (χ0) is 10.7. The first-order chi connectivity index (χ1) is 6.56. The first-order valence-electron chi connectivity index (χ1n) is 4.00. The van der Waals surface area contributed by atoms with Crippen molar-refractivity contribution in [1.82, 2.24) is 0 Å². The van der Waals surface area contributed by atoms with Crippen LogP contribution in [-0.4, -0.2) is 13.0 Å². The lowest BCUT2D eigenvalue weighted by molar-refractivity contribution is -0.113. The molecule has 0 atom stereocenters. The van der Waals surface area contributed by atoms with Gasteiger partial charge in [-0.25, -0.2) is 0 Å². The van der Waals surface area contributed by atoms with Crippen molar-refractivity contribution in [3.05, 3.63) is 28.2 Å². The summed E-state index contributed by atoms with van der Waals surface area (Å²) in [6.45, 7) is 1.89. The number of aryl methyl sites for hydroxylation is 1. The second-order valence-electron chi connectivity index (χ2n) is 2.91. The van der Waals surface area contributed by atoms with Gasteiger partial charge < -0.3 is 4.90 Å². The minimum Gasteiger partial charge on any atom is -0.303 e. The maximum absolute atomic E-state index is 11.1. The monoisotopic (exact) mass is 252 g/mol. The summed E-state index contributed by atoms with van der Waals surface area (Å²) in [5.41, 5.74) is 1.70. The van der Waals surface area contributed by atoms with E-state index in [1.54, 1.807) is 13.1 Å². The lowest BCUT2D eigenvalue weighted by Gasteiger charge is -2.16. The number of halogens is 1. The fourth-order valence-electron chi connectivity index (χ4n) is 1.13. The lowest BCUT2D eigenvalue weighted by atomic mass is 10.2. The van der Waals surface area contributed by atoms with E-state index < -0.39 is 5.91 Å². The Labute approximate surface area is 91.1 Å². The van der Waals surface area contributed by atoms with Gasteiger partial charge in [-0.1, -0.05) is 22.0 Å². The Morgan fingerprint density at radius 3 is 2.79 bits per heavy atom. The molecule has 0 aromatic heterocycles. The van der Waals surface area contributed by atoms with Crippen LogP contribution in [0.5, 0.6) is 0 Å². The first-order valence-corrected chi connectivity index (χ1v) is 4.79. The van der Waals surface area contributed by atoms with Crippen molar-refractivity contribution in [2.45, 2.75) is 6.92 Å². The van der Waals surface area contributed by atoms with E-state index >= 15 is 0 Å². The third-order valence-corrected chi connectivity index (χ3v) is 2.43. The highest BCUT2D eigenvalue weighted by atomic mass is 79.9. The smallest absolute Gasteiger partial charge is 0.303 e. The van der Waals surface area contributed by atoms with E-state index in [-0.39, 0.29) is 0 Å². The molecular formula is C10H9BrN2O. The van der Waals surface area contributed by atoms with Crippen LogP contribution >= 0.6 is 15.9 Å². The van der Waals surface area contributed by atoms with Gasteiger partial charge in [-0.15, -0.1) is 0 Å². The van der Waals surface area contributed by atoms with Gasteiger partial charge in [-0.3, -0.25) is 4.79 Å². The van der Waals surface area contributed by atoms with Crippen LogP contribution < -0.4 is 4.90 Å². The number of amides is 1. The number of benzene rings is 1. The van der Waals surface area contributed by atoms with Gasteiger partial charge in [0.25, 0.3) is 0 Å². The van der Waals surface area contributed by atoms with Crippen LogP contribution in [0.15, 0.2) is 22.7 Å². The highest BCUT2D eigenvalue weighted by Crippen LogP contribution is 2.23. The molecule has 72 valence electrons. The minimum absolute atomic E-state index is 0.564. The highest BCUT2D eigenvalue weighted by molar-refractivity contribution is 9.10. The number of rotatable bonds is 1. The topological polar surface area (TPSA) is 44.1 Å². The quantitative estimate of drug-likeness (QED) is 0.720. The number of hydrogen-bond acceptors (Lipinski definition) is 2. The molecule has 0 radical (unpaired) electrons. The standard InChI is InChI=1S/C10H9BrN2O/c1-7-3-4-8(11)5-9(7)13(2)10(14)6-12/h3-5H,1-2H3. The van der Waals surface area contributed by atoms with Crippen molar-refractivity contribution >= 4 is 27.5 Å². The largest absolute Gasteiger partial charge is 0.329 e. The van der Waals surface area contributed by atoms with Crippen LogP contribution in [0.2, 0.25) is 0 Å². The van der Waals surface area contributed by atoms with E-state index in [0.29, 0.717) is 0 Å². The summed E-state index contributed by atoms with van der Waals surface area (Å²) >= 11 is 3.31. The number of carbonyl (C=O) groups is 1. The molecule has 0 aliphatic heterocycles. The summed E-state index contributed by atoms with van der Waals surface area (Å²) < 4.78 is 0.885. The molecule has 0 saturated heterocycles. The number of carbonyl (C=O) groups excluding carboxylic acids is 1. The van der Waals surface area contributed by atoms with E-state index in [1.807, 2.05) is 25.1 Å². The Morgan fingerprint density at radius 2 is 2.21 bits per heavy atom. The number of hydrogen-bond donors (Lipinski definition) is 0. The molecule has 0 saturated carbocycles. The van der Waals surface area contributed by atoms with Crippen molar-refractivity contribution in [1.29, 1.82) is 5.26 Å². The van der Waals surface area contributed by atoms with Gasteiger partial charge in [0.15, 0.2) is 6.07 Å². The Kier molecular flexibility index (Phi) is 3.26. The average molecular weight is 253 g/mol. The highest BCUT2D eigenvalue weighted by Gasteiger charge is 2.11. The van der Waals surface area contributed by atoms with Crippen molar-refractivity contribution in [3.8, 4) is 6.07 Å². The Morgan fingerprint density at radius 1 is 1.57 bits per heavy atom. The van der Waals surface area contributed by atoms with Gasteiger partial charge in [-0.05, 0) is 24.6 Å². The van der Waals surface area contributed by atoms with Crippen LogP contribution in [0.3, 0.4) is 0 Å². The molecule has 0 bridgehead atoms. The van der Waals surface area contributed by atoms with Crippen molar-refractivity contribution in [2.24, 2.45) is 0 Å². The predicted octanol–water partition coefficient (Wildman–Crippen LogP) is 2.24. The molecule has 0 spiro atoms. The van der Waals surface area contributed by atoms with Crippen molar-refractivity contribution in [2.75, 3.05) is 11.9 Å². The van der Waals surface area contributed by atoms with E-state index in [4.69, 9.17) is 5.26 Å². The molecule has 14 heavy (non-hydrogen) atoms. The first kappa shape index (κ1) is 10.7. The van der Waals surface area contributed by atoms with Crippen LogP contribution in [0.25, 0.3) is 0 Å². The third kappa shape index (κ3) is 2.12. The Hall–Kier alpha value is -1.34. The summed E-state index contributed by atoms with van der Waals surface area (Å²) in [5.74, 6) is -0.564. The lowest BCUT2D eigenvalue weighted by Crippen LogP contribution is -2.24. The van der Waals surface area contributed by atoms with Crippen LogP contribution in [0.1, 0.15) is 5.56 Å². The molecule has 0 unspecified atom stereocenters. The average Bonchev–Trinajstić information content (AvgIpc) is 2.19. The van der Waals surface area contributed by atoms with Crippen molar-refractivity contribution < 1.29 is 4.79 Å². The summed E-state index contributed by atoms with van der Waals surface area (Å²) in [6.07, 6.45) is 0. The zero-order valence-corrected chi connectivity index (χ0v) is 9.50. The molecule has 0 aliphatic rings. The van der Waals surface area contributed by atoms with Crippen LogP contribution in [0, 0.1) is 18.3 Å². The maximum Gasteiger partial charge on any atom is 0.329 e. The van der Waals surface area contributed by atoms with Gasteiger partial charge in [-0.2, -0.15) is 5.26 Å². The number of nitrogens with zero attached hydrogens (tertiary/aromatic N) is 2. The van der Waals surface area contributed by atoms with Crippen molar-refractivity contribution in [3.63, 3.8) is 0 Å². The minimum atomic E-state index is -0.564. The maximum atomic E-state index is 11.1. The number of anilines is 1. The Balaban J connectivity index is 3.13. The zero-order valence-electron chi connectivity index (χ0n) is 7.91. The van der Waals surface area contributed by atoms with E-state index in [1.165, 1.54) is 4.90 Å². The Bertz CT molecular complexity index is 409. The van der Waals surface area contributed by atoms with E-state index in [0.717, 1.165) is 15.7 Å². The molecular weight excluding hydrogens is 244 g/mol. The van der Waals surface area contributed by atoms with Gasteiger partial charge in [0.2, 0.25) is 0 Å². The van der Waals surface area contributed by atoms with Gasteiger partial charge in [0, 0.05) is 17.2 Å². The summed E-state index contributed by atoms with van der Waals surface area (Å²) in [7, 11) is 1.58. The molecule has 0 heterocycles. The molecule has 1 rings (SSSR count). The summed E-state index contributed by atoms with van der Waals surface area (Å²) in [5, 5.41) is 8.47. The van der Waals surface area contributed by atoms with E-state index in [9.17, 15) is 4.79 Å². The second-order valence-corrected chi connectivity index (χ2v) is 3.82. The fourth-order valence-corrected chi connectivity index (χ4v) is 1.48. The van der Waals surface area contributed by atoms with Gasteiger partial charge in [0.05, 0.1) is 0 Å². The van der Waals surface area contributed by atoms with Gasteiger partial charge in [0.1, 0.15) is 0 Å². The van der Waals surface area contributed by atoms with E-state index in [2.05, 4.69) is 15.9 Å². The molecule has 0 aliphatic carbocycles.